The van der Waals surface area contributed by atoms with Crippen molar-refractivity contribution in [3.8, 4) is 11.1 Å². The lowest BCUT2D eigenvalue weighted by Crippen LogP contribution is -2.49. The molecular weight excluding hydrogens is 350 g/mol. The maximum absolute atomic E-state index is 13.6. The van der Waals surface area contributed by atoms with Crippen LogP contribution < -0.4 is 16.0 Å². The molecule has 2 aromatic rings. The summed E-state index contributed by atoms with van der Waals surface area (Å²) in [6, 6.07) is 14.4. The van der Waals surface area contributed by atoms with E-state index in [0.717, 1.165) is 35.2 Å². The number of nitrogens with two attached hydrogens (primary N) is 1. The first kappa shape index (κ1) is 18.7. The summed E-state index contributed by atoms with van der Waals surface area (Å²) in [5.41, 5.74) is 9.79. The van der Waals surface area contributed by atoms with E-state index in [0.29, 0.717) is 12.5 Å². The Morgan fingerprint density at radius 3 is 2.43 bits per heavy atom. The Morgan fingerprint density at radius 2 is 1.75 bits per heavy atom. The van der Waals surface area contributed by atoms with Crippen molar-refractivity contribution in [3.05, 3.63) is 54.1 Å². The van der Waals surface area contributed by atoms with E-state index < -0.39 is 12.1 Å². The fourth-order valence-electron chi connectivity index (χ4n) is 3.77. The molecule has 0 radical (unpaired) electrons. The second kappa shape index (κ2) is 7.40. The van der Waals surface area contributed by atoms with Crippen LogP contribution >= 0.6 is 0 Å². The first-order valence-electron chi connectivity index (χ1n) is 10.0. The predicted molar refractivity (Wildman–Crippen MR) is 111 cm³/mol. The molecule has 146 valence electrons. The molecule has 2 aliphatic rings. The monoisotopic (exact) mass is 377 g/mol. The first-order chi connectivity index (χ1) is 13.5. The topological polar surface area (TPSA) is 75.4 Å². The number of fused-ring (bicyclic) bond motifs is 3. The number of hydrogen-bond acceptors (Lipinski definition) is 3. The molecule has 2 amide bonds. The van der Waals surface area contributed by atoms with E-state index in [2.05, 4.69) is 5.32 Å². The zero-order valence-electron chi connectivity index (χ0n) is 16.4. The normalized spacial score (nSPS) is 19.6. The van der Waals surface area contributed by atoms with Gasteiger partial charge in [-0.15, -0.1) is 0 Å². The molecule has 1 aliphatic heterocycles. The van der Waals surface area contributed by atoms with E-state index in [-0.39, 0.29) is 17.7 Å². The van der Waals surface area contributed by atoms with Gasteiger partial charge in [-0.3, -0.25) is 9.59 Å². The molecule has 2 atom stereocenters. The Labute approximate surface area is 165 Å². The Bertz CT molecular complexity index is 904. The second-order valence-corrected chi connectivity index (χ2v) is 8.21. The molecule has 5 nitrogen and oxygen atoms in total. The fourth-order valence-corrected chi connectivity index (χ4v) is 3.77. The maximum Gasteiger partial charge on any atom is 0.254 e. The van der Waals surface area contributed by atoms with Crippen molar-refractivity contribution >= 4 is 17.5 Å². The van der Waals surface area contributed by atoms with Gasteiger partial charge in [-0.1, -0.05) is 56.3 Å². The SMILES string of the molecule is CC(C)C(N)C(=O)NC1C(=O)N(CC2CC2)c2ccccc2-c2ccccc21. The highest BCUT2D eigenvalue weighted by molar-refractivity contribution is 6.06. The minimum absolute atomic E-state index is 0.00381. The number of carbonyl (C=O) groups excluding carboxylic acids is 2. The van der Waals surface area contributed by atoms with E-state index >= 15 is 0 Å². The first-order valence-corrected chi connectivity index (χ1v) is 10.0. The van der Waals surface area contributed by atoms with E-state index in [9.17, 15) is 9.59 Å². The summed E-state index contributed by atoms with van der Waals surface area (Å²) >= 11 is 0. The second-order valence-electron chi connectivity index (χ2n) is 8.21. The van der Waals surface area contributed by atoms with E-state index in [1.807, 2.05) is 67.3 Å². The third-order valence-electron chi connectivity index (χ3n) is 5.72. The number of anilines is 1. The molecule has 4 rings (SSSR count). The van der Waals surface area contributed by atoms with Crippen LogP contribution in [-0.4, -0.2) is 24.4 Å². The van der Waals surface area contributed by atoms with E-state index in [4.69, 9.17) is 5.73 Å². The quantitative estimate of drug-likeness (QED) is 0.840. The molecule has 0 bridgehead atoms. The molecule has 5 heteroatoms. The molecule has 0 saturated heterocycles. The van der Waals surface area contributed by atoms with Crippen LogP contribution in [0.3, 0.4) is 0 Å². The van der Waals surface area contributed by atoms with Crippen molar-refractivity contribution in [1.82, 2.24) is 5.32 Å². The van der Waals surface area contributed by atoms with E-state index in [1.54, 1.807) is 0 Å². The van der Waals surface area contributed by atoms with Crippen LogP contribution in [0.1, 0.15) is 38.3 Å². The van der Waals surface area contributed by atoms with Gasteiger partial charge in [-0.05, 0) is 41.9 Å². The Kier molecular flexibility index (Phi) is 4.94. The minimum atomic E-state index is -0.736. The summed E-state index contributed by atoms with van der Waals surface area (Å²) in [4.78, 5) is 28.2. The highest BCUT2D eigenvalue weighted by Gasteiger charge is 2.38. The minimum Gasteiger partial charge on any atom is -0.339 e. The van der Waals surface area contributed by atoms with Crippen molar-refractivity contribution in [2.24, 2.45) is 17.6 Å². The molecule has 0 spiro atoms. The number of nitrogens with zero attached hydrogens (tertiary/aromatic N) is 1. The summed E-state index contributed by atoms with van der Waals surface area (Å²) in [7, 11) is 0. The van der Waals surface area contributed by atoms with Gasteiger partial charge in [0.25, 0.3) is 5.91 Å². The Balaban J connectivity index is 1.80. The molecule has 2 unspecified atom stereocenters. The number of hydrogen-bond donors (Lipinski definition) is 2. The average Bonchev–Trinajstić information content (AvgIpc) is 3.53. The molecule has 0 aromatic heterocycles. The Morgan fingerprint density at radius 1 is 1.11 bits per heavy atom. The lowest BCUT2D eigenvalue weighted by Gasteiger charge is -2.27. The largest absolute Gasteiger partial charge is 0.339 e. The van der Waals surface area contributed by atoms with Gasteiger partial charge in [0.05, 0.1) is 11.7 Å². The van der Waals surface area contributed by atoms with Gasteiger partial charge in [-0.2, -0.15) is 0 Å². The van der Waals surface area contributed by atoms with Gasteiger partial charge in [0.15, 0.2) is 0 Å². The molecule has 3 N–H and O–H groups in total. The van der Waals surface area contributed by atoms with Crippen LogP contribution in [0.25, 0.3) is 11.1 Å². The summed E-state index contributed by atoms with van der Waals surface area (Å²) < 4.78 is 0. The summed E-state index contributed by atoms with van der Waals surface area (Å²) in [5, 5.41) is 2.95. The summed E-state index contributed by atoms with van der Waals surface area (Å²) in [5.74, 6) is 0.150. The molecule has 1 saturated carbocycles. The molecule has 2 aromatic carbocycles. The van der Waals surface area contributed by atoms with Gasteiger partial charge < -0.3 is 16.0 Å². The van der Waals surface area contributed by atoms with Crippen LogP contribution in [0.4, 0.5) is 5.69 Å². The molecule has 1 fully saturated rings. The van der Waals surface area contributed by atoms with Crippen molar-refractivity contribution in [1.29, 1.82) is 0 Å². The number of amides is 2. The van der Waals surface area contributed by atoms with Crippen molar-refractivity contribution < 1.29 is 9.59 Å². The fraction of sp³-hybridized carbons (Fsp3) is 0.391. The third kappa shape index (κ3) is 3.42. The summed E-state index contributed by atoms with van der Waals surface area (Å²) in [6.07, 6.45) is 2.29. The zero-order chi connectivity index (χ0) is 19.8. The van der Waals surface area contributed by atoms with Crippen molar-refractivity contribution in [3.63, 3.8) is 0 Å². The number of para-hydroxylation sites is 1. The standard InChI is InChI=1S/C23H27N3O2/c1-14(2)20(24)22(27)25-21-18-9-4-3-7-16(18)17-8-5-6-10-19(17)26(23(21)28)13-15-11-12-15/h3-10,14-15,20-21H,11-13,24H2,1-2H3,(H,25,27). The van der Waals surface area contributed by atoms with Crippen LogP contribution in [-0.2, 0) is 9.59 Å². The van der Waals surface area contributed by atoms with Gasteiger partial charge >= 0.3 is 0 Å². The zero-order valence-corrected chi connectivity index (χ0v) is 16.4. The number of carbonyl (C=O) groups is 2. The molecule has 1 heterocycles. The van der Waals surface area contributed by atoms with Crippen molar-refractivity contribution in [2.75, 3.05) is 11.4 Å². The van der Waals surface area contributed by atoms with Crippen LogP contribution in [0.5, 0.6) is 0 Å². The smallest absolute Gasteiger partial charge is 0.254 e. The Hall–Kier alpha value is -2.66. The predicted octanol–water partition coefficient (Wildman–Crippen LogP) is 3.25. The summed E-state index contributed by atoms with van der Waals surface area (Å²) in [6.45, 7) is 4.50. The molecule has 28 heavy (non-hydrogen) atoms. The number of benzene rings is 2. The number of nitrogens with one attached hydrogen (secondary N) is 1. The van der Waals surface area contributed by atoms with Gasteiger partial charge in [0.1, 0.15) is 6.04 Å². The lowest BCUT2D eigenvalue weighted by molar-refractivity contribution is -0.129. The van der Waals surface area contributed by atoms with Crippen molar-refractivity contribution in [2.45, 2.75) is 38.8 Å². The van der Waals surface area contributed by atoms with Crippen LogP contribution in [0.15, 0.2) is 48.5 Å². The van der Waals surface area contributed by atoms with Gasteiger partial charge in [0, 0.05) is 12.1 Å². The lowest BCUT2D eigenvalue weighted by atomic mass is 9.95. The highest BCUT2D eigenvalue weighted by Crippen LogP contribution is 2.42. The van der Waals surface area contributed by atoms with Gasteiger partial charge in [-0.25, -0.2) is 0 Å². The number of rotatable bonds is 5. The average molecular weight is 377 g/mol. The molecule has 1 aliphatic carbocycles. The third-order valence-corrected chi connectivity index (χ3v) is 5.72. The van der Waals surface area contributed by atoms with Gasteiger partial charge in [0.2, 0.25) is 5.91 Å². The molecular formula is C23H27N3O2. The maximum atomic E-state index is 13.6. The highest BCUT2D eigenvalue weighted by atomic mass is 16.2. The van der Waals surface area contributed by atoms with Crippen LogP contribution in [0, 0.1) is 11.8 Å². The van der Waals surface area contributed by atoms with Crippen LogP contribution in [0.2, 0.25) is 0 Å². The van der Waals surface area contributed by atoms with E-state index in [1.165, 1.54) is 0 Å².